The summed E-state index contributed by atoms with van der Waals surface area (Å²) >= 11 is 0. The Morgan fingerprint density at radius 1 is 1.06 bits per heavy atom. The quantitative estimate of drug-likeness (QED) is 0.699. The van der Waals surface area contributed by atoms with Gasteiger partial charge in [-0.1, -0.05) is 0 Å². The van der Waals surface area contributed by atoms with Crippen LogP contribution in [-0.2, 0) is 9.59 Å². The molecule has 1 aliphatic rings. The maximum absolute atomic E-state index is 11.6. The third-order valence-electron chi connectivity index (χ3n) is 2.99. The van der Waals surface area contributed by atoms with Gasteiger partial charge in [0.15, 0.2) is 0 Å². The van der Waals surface area contributed by atoms with Crippen molar-refractivity contribution >= 4 is 17.5 Å². The number of anilines is 1. The van der Waals surface area contributed by atoms with Crippen LogP contribution >= 0.6 is 0 Å². The van der Waals surface area contributed by atoms with Gasteiger partial charge in [0.25, 0.3) is 0 Å². The molecular weight excluding hydrogens is 220 g/mol. The Bertz CT molecular complexity index is 435. The van der Waals surface area contributed by atoms with E-state index in [1.165, 1.54) is 12.1 Å². The molecule has 0 bridgehead atoms. The summed E-state index contributed by atoms with van der Waals surface area (Å²) in [4.78, 5) is 24.9. The maximum Gasteiger partial charge on any atom is 0.249 e. The Hall–Kier alpha value is -2.04. The van der Waals surface area contributed by atoms with E-state index < -0.39 is 12.1 Å². The van der Waals surface area contributed by atoms with Crippen LogP contribution in [0.3, 0.4) is 0 Å². The van der Waals surface area contributed by atoms with Gasteiger partial charge in [-0.25, -0.2) is 0 Å². The van der Waals surface area contributed by atoms with E-state index in [1.54, 1.807) is 30.9 Å². The molecule has 90 valence electrons. The lowest BCUT2D eigenvalue weighted by Gasteiger charge is -2.38. The van der Waals surface area contributed by atoms with E-state index in [-0.39, 0.29) is 17.6 Å². The SMILES string of the molecule is CC1C(=O)NC(=O)C(C)N1c1ccc(O)cc1. The van der Waals surface area contributed by atoms with Crippen molar-refractivity contribution in [3.63, 3.8) is 0 Å². The Morgan fingerprint density at radius 3 is 2.00 bits per heavy atom. The standard InChI is InChI=1S/C12H14N2O3/c1-7-11(16)13-12(17)8(2)14(7)9-3-5-10(15)6-4-9/h3-8,15H,1-2H3,(H,13,16,17). The van der Waals surface area contributed by atoms with Crippen molar-refractivity contribution in [2.75, 3.05) is 4.90 Å². The Morgan fingerprint density at radius 2 is 1.53 bits per heavy atom. The van der Waals surface area contributed by atoms with Crippen molar-refractivity contribution in [3.8, 4) is 5.75 Å². The molecule has 2 N–H and O–H groups in total. The first-order valence-corrected chi connectivity index (χ1v) is 5.43. The number of carbonyl (C=O) groups is 2. The molecule has 0 radical (unpaired) electrons. The zero-order chi connectivity index (χ0) is 12.6. The van der Waals surface area contributed by atoms with Gasteiger partial charge in [-0.2, -0.15) is 0 Å². The predicted molar refractivity (Wildman–Crippen MR) is 62.7 cm³/mol. The fourth-order valence-electron chi connectivity index (χ4n) is 1.99. The maximum atomic E-state index is 11.6. The Labute approximate surface area is 99.0 Å². The zero-order valence-corrected chi connectivity index (χ0v) is 9.68. The van der Waals surface area contributed by atoms with Gasteiger partial charge in [-0.3, -0.25) is 14.9 Å². The summed E-state index contributed by atoms with van der Waals surface area (Å²) in [6.45, 7) is 3.48. The minimum absolute atomic E-state index is 0.154. The van der Waals surface area contributed by atoms with Crippen LogP contribution in [0.2, 0.25) is 0 Å². The van der Waals surface area contributed by atoms with E-state index in [9.17, 15) is 14.7 Å². The first-order chi connectivity index (χ1) is 8.00. The fourth-order valence-corrected chi connectivity index (χ4v) is 1.99. The fraction of sp³-hybridized carbons (Fsp3) is 0.333. The van der Waals surface area contributed by atoms with Crippen molar-refractivity contribution < 1.29 is 14.7 Å². The molecule has 1 aliphatic heterocycles. The second-order valence-electron chi connectivity index (χ2n) is 4.13. The molecule has 0 aromatic heterocycles. The number of nitrogens with zero attached hydrogens (tertiary/aromatic N) is 1. The average Bonchev–Trinajstić information content (AvgIpc) is 2.29. The number of benzene rings is 1. The van der Waals surface area contributed by atoms with E-state index in [0.29, 0.717) is 0 Å². The summed E-state index contributed by atoms with van der Waals surface area (Å²) in [5.41, 5.74) is 0.742. The van der Waals surface area contributed by atoms with Gasteiger partial charge in [-0.05, 0) is 38.1 Å². The summed E-state index contributed by atoms with van der Waals surface area (Å²) in [7, 11) is 0. The number of nitrogens with one attached hydrogen (secondary N) is 1. The molecular formula is C12H14N2O3. The highest BCUT2D eigenvalue weighted by molar-refractivity contribution is 6.06. The van der Waals surface area contributed by atoms with Crippen LogP contribution in [-0.4, -0.2) is 29.0 Å². The van der Waals surface area contributed by atoms with Gasteiger partial charge in [-0.15, -0.1) is 0 Å². The van der Waals surface area contributed by atoms with E-state index >= 15 is 0 Å². The molecule has 0 saturated carbocycles. The van der Waals surface area contributed by atoms with Crippen molar-refractivity contribution in [2.24, 2.45) is 0 Å². The molecule has 2 atom stereocenters. The van der Waals surface area contributed by atoms with Gasteiger partial charge < -0.3 is 10.0 Å². The highest BCUT2D eigenvalue weighted by atomic mass is 16.3. The minimum Gasteiger partial charge on any atom is -0.508 e. The van der Waals surface area contributed by atoms with Crippen LogP contribution in [0, 0.1) is 0 Å². The average molecular weight is 234 g/mol. The van der Waals surface area contributed by atoms with Gasteiger partial charge >= 0.3 is 0 Å². The topological polar surface area (TPSA) is 69.6 Å². The summed E-state index contributed by atoms with van der Waals surface area (Å²) < 4.78 is 0. The van der Waals surface area contributed by atoms with Crippen LogP contribution in [0.5, 0.6) is 5.75 Å². The number of imide groups is 1. The summed E-state index contributed by atoms with van der Waals surface area (Å²) in [5.74, 6) is -0.454. The first kappa shape index (κ1) is 11.4. The minimum atomic E-state index is -0.410. The third kappa shape index (κ3) is 1.95. The van der Waals surface area contributed by atoms with Crippen LogP contribution in [0.25, 0.3) is 0 Å². The predicted octanol–water partition coefficient (Wildman–Crippen LogP) is 0.632. The van der Waals surface area contributed by atoms with Crippen molar-refractivity contribution in [1.82, 2.24) is 5.32 Å². The van der Waals surface area contributed by atoms with Crippen molar-refractivity contribution in [3.05, 3.63) is 24.3 Å². The molecule has 2 rings (SSSR count). The normalized spacial score (nSPS) is 24.7. The van der Waals surface area contributed by atoms with Crippen LogP contribution < -0.4 is 10.2 Å². The number of piperazine rings is 1. The number of hydrogen-bond acceptors (Lipinski definition) is 4. The van der Waals surface area contributed by atoms with Crippen LogP contribution in [0.1, 0.15) is 13.8 Å². The molecule has 5 nitrogen and oxygen atoms in total. The third-order valence-corrected chi connectivity index (χ3v) is 2.99. The largest absolute Gasteiger partial charge is 0.508 e. The highest BCUT2D eigenvalue weighted by Crippen LogP contribution is 2.24. The van der Waals surface area contributed by atoms with E-state index in [1.807, 2.05) is 0 Å². The number of phenolic OH excluding ortho intramolecular Hbond substituents is 1. The Balaban J connectivity index is 2.37. The smallest absolute Gasteiger partial charge is 0.249 e. The molecule has 2 amide bonds. The Kier molecular flexibility index (Phi) is 2.75. The van der Waals surface area contributed by atoms with E-state index in [0.717, 1.165) is 5.69 Å². The number of carbonyl (C=O) groups excluding carboxylic acids is 2. The summed E-state index contributed by atoms with van der Waals surface area (Å²) in [5, 5.41) is 11.5. The van der Waals surface area contributed by atoms with Crippen LogP contribution in [0.15, 0.2) is 24.3 Å². The monoisotopic (exact) mass is 234 g/mol. The number of amides is 2. The summed E-state index contributed by atoms with van der Waals surface area (Å²) in [6.07, 6.45) is 0. The number of phenols is 1. The van der Waals surface area contributed by atoms with Gasteiger partial charge in [0.2, 0.25) is 11.8 Å². The highest BCUT2D eigenvalue weighted by Gasteiger charge is 2.36. The van der Waals surface area contributed by atoms with Gasteiger partial charge in [0.05, 0.1) is 0 Å². The second kappa shape index (κ2) is 4.08. The molecule has 1 fully saturated rings. The zero-order valence-electron chi connectivity index (χ0n) is 9.68. The molecule has 0 aliphatic carbocycles. The van der Waals surface area contributed by atoms with E-state index in [4.69, 9.17) is 0 Å². The molecule has 0 spiro atoms. The number of hydrogen-bond donors (Lipinski definition) is 2. The van der Waals surface area contributed by atoms with Crippen molar-refractivity contribution in [2.45, 2.75) is 25.9 Å². The number of aromatic hydroxyl groups is 1. The summed E-state index contributed by atoms with van der Waals surface area (Å²) in [6, 6.07) is 5.62. The lowest BCUT2D eigenvalue weighted by Crippen LogP contribution is -2.61. The lowest BCUT2D eigenvalue weighted by atomic mass is 10.1. The van der Waals surface area contributed by atoms with Crippen LogP contribution in [0.4, 0.5) is 5.69 Å². The van der Waals surface area contributed by atoms with E-state index in [2.05, 4.69) is 5.32 Å². The molecule has 1 saturated heterocycles. The molecule has 1 heterocycles. The second-order valence-corrected chi connectivity index (χ2v) is 4.13. The molecule has 2 unspecified atom stereocenters. The van der Waals surface area contributed by atoms with Gasteiger partial charge in [0, 0.05) is 5.69 Å². The molecule has 5 heteroatoms. The lowest BCUT2D eigenvalue weighted by molar-refractivity contribution is -0.134. The van der Waals surface area contributed by atoms with Gasteiger partial charge in [0.1, 0.15) is 17.8 Å². The van der Waals surface area contributed by atoms with Crippen molar-refractivity contribution in [1.29, 1.82) is 0 Å². The molecule has 1 aromatic rings. The molecule has 1 aromatic carbocycles. The number of rotatable bonds is 1. The molecule has 17 heavy (non-hydrogen) atoms. The first-order valence-electron chi connectivity index (χ1n) is 5.43.